The third kappa shape index (κ3) is 4.27. The molecule has 1 N–H and O–H groups in total. The van der Waals surface area contributed by atoms with Crippen molar-refractivity contribution in [3.63, 3.8) is 0 Å². The van der Waals surface area contributed by atoms with Gasteiger partial charge in [0.25, 0.3) is 0 Å². The van der Waals surface area contributed by atoms with Crippen LogP contribution in [0.4, 0.5) is 0 Å². The maximum Gasteiger partial charge on any atom is 0.234 e. The van der Waals surface area contributed by atoms with Gasteiger partial charge in [-0.1, -0.05) is 56.5 Å². The molecule has 17 heavy (non-hydrogen) atoms. The summed E-state index contributed by atoms with van der Waals surface area (Å²) in [7, 11) is 0. The van der Waals surface area contributed by atoms with E-state index in [-0.39, 0.29) is 10.7 Å². The van der Waals surface area contributed by atoms with Gasteiger partial charge in [0, 0.05) is 6.04 Å². The second kappa shape index (κ2) is 6.77. The number of carbonyl (C=O) groups excluding carboxylic acids is 1. The van der Waals surface area contributed by atoms with Gasteiger partial charge in [0.15, 0.2) is 0 Å². The fraction of sp³-hybridized carbons (Fsp3) is 0.929. The lowest BCUT2D eigenvalue weighted by Crippen LogP contribution is -2.47. The number of halogens is 1. The highest BCUT2D eigenvalue weighted by Gasteiger charge is 2.30. The van der Waals surface area contributed by atoms with E-state index in [1.54, 1.807) is 0 Å². The number of rotatable bonds is 4. The summed E-state index contributed by atoms with van der Waals surface area (Å²) in [6.45, 7) is 8.67. The molecule has 1 aliphatic rings. The van der Waals surface area contributed by atoms with Crippen molar-refractivity contribution in [3.8, 4) is 0 Å². The van der Waals surface area contributed by atoms with Gasteiger partial charge in [-0.25, -0.2) is 0 Å². The van der Waals surface area contributed by atoms with Crippen molar-refractivity contribution >= 4 is 21.8 Å². The molecule has 1 aliphatic carbocycles. The predicted molar refractivity (Wildman–Crippen MR) is 76.3 cm³/mol. The van der Waals surface area contributed by atoms with Crippen LogP contribution in [-0.2, 0) is 4.79 Å². The largest absolute Gasteiger partial charge is 0.352 e. The molecule has 0 spiro atoms. The normalized spacial score (nSPS) is 27.2. The second-order valence-electron chi connectivity index (χ2n) is 5.95. The summed E-state index contributed by atoms with van der Waals surface area (Å²) in [5.41, 5.74) is 0. The summed E-state index contributed by atoms with van der Waals surface area (Å²) >= 11 is 3.48. The Bertz CT molecular complexity index is 253. The van der Waals surface area contributed by atoms with Crippen molar-refractivity contribution in [3.05, 3.63) is 0 Å². The highest BCUT2D eigenvalue weighted by molar-refractivity contribution is 9.10. The third-order valence-electron chi connectivity index (χ3n) is 3.84. The number of alkyl halides is 1. The van der Waals surface area contributed by atoms with Crippen LogP contribution in [0.1, 0.15) is 53.4 Å². The Balaban J connectivity index is 2.56. The molecule has 3 heteroatoms. The smallest absolute Gasteiger partial charge is 0.234 e. The molecule has 100 valence electrons. The van der Waals surface area contributed by atoms with Crippen molar-refractivity contribution < 1.29 is 4.79 Å². The van der Waals surface area contributed by atoms with E-state index in [9.17, 15) is 4.79 Å². The predicted octanol–water partition coefficient (Wildman–Crippen LogP) is 3.74. The highest BCUT2D eigenvalue weighted by Crippen LogP contribution is 2.30. The molecule has 3 unspecified atom stereocenters. The first kappa shape index (κ1) is 15.0. The minimum absolute atomic E-state index is 0.0581. The number of hydrogen-bond acceptors (Lipinski definition) is 1. The molecule has 0 aromatic heterocycles. The Morgan fingerprint density at radius 1 is 1.18 bits per heavy atom. The summed E-state index contributed by atoms with van der Waals surface area (Å²) in [5.74, 6) is 1.82. The lowest BCUT2D eigenvalue weighted by Gasteiger charge is -2.35. The summed E-state index contributed by atoms with van der Waals surface area (Å²) in [6.07, 6.45) is 4.98. The van der Waals surface area contributed by atoms with Crippen LogP contribution >= 0.6 is 15.9 Å². The van der Waals surface area contributed by atoms with Crippen LogP contribution in [0.5, 0.6) is 0 Å². The zero-order valence-corrected chi connectivity index (χ0v) is 13.1. The monoisotopic (exact) mass is 303 g/mol. The van der Waals surface area contributed by atoms with Gasteiger partial charge in [-0.3, -0.25) is 4.79 Å². The SMILES string of the molecule is CC(C)C(Br)C(=O)NC1CCCCC1C(C)C. The maximum absolute atomic E-state index is 12.1. The summed E-state index contributed by atoms with van der Waals surface area (Å²) in [6, 6.07) is 0.384. The van der Waals surface area contributed by atoms with Crippen molar-refractivity contribution in [2.75, 3.05) is 0 Å². The van der Waals surface area contributed by atoms with Crippen LogP contribution in [0, 0.1) is 17.8 Å². The van der Waals surface area contributed by atoms with E-state index in [1.165, 1.54) is 19.3 Å². The van der Waals surface area contributed by atoms with Crippen molar-refractivity contribution in [1.82, 2.24) is 5.32 Å². The van der Waals surface area contributed by atoms with Crippen LogP contribution < -0.4 is 5.32 Å². The molecular formula is C14H26BrNO. The molecule has 0 saturated heterocycles. The molecule has 0 aromatic rings. The first-order chi connectivity index (χ1) is 7.93. The van der Waals surface area contributed by atoms with E-state index in [0.29, 0.717) is 23.8 Å². The molecule has 0 bridgehead atoms. The highest BCUT2D eigenvalue weighted by atomic mass is 79.9. The average Bonchev–Trinajstić information content (AvgIpc) is 2.28. The zero-order chi connectivity index (χ0) is 13.0. The number of amides is 1. The van der Waals surface area contributed by atoms with Crippen LogP contribution in [-0.4, -0.2) is 16.8 Å². The van der Waals surface area contributed by atoms with Crippen molar-refractivity contribution in [2.24, 2.45) is 17.8 Å². The number of carbonyl (C=O) groups is 1. The molecule has 1 rings (SSSR count). The fourth-order valence-corrected chi connectivity index (χ4v) is 2.83. The molecule has 3 atom stereocenters. The Kier molecular flexibility index (Phi) is 5.98. The molecule has 0 aliphatic heterocycles. The van der Waals surface area contributed by atoms with Gasteiger partial charge in [-0.05, 0) is 30.6 Å². The maximum atomic E-state index is 12.1. The number of nitrogens with one attached hydrogen (secondary N) is 1. The molecule has 0 aromatic carbocycles. The minimum atomic E-state index is -0.0581. The van der Waals surface area contributed by atoms with E-state index in [0.717, 1.165) is 6.42 Å². The molecule has 0 heterocycles. The first-order valence-corrected chi connectivity index (χ1v) is 7.79. The molecule has 1 amide bonds. The lowest BCUT2D eigenvalue weighted by molar-refractivity contribution is -0.122. The quantitative estimate of drug-likeness (QED) is 0.788. The van der Waals surface area contributed by atoms with Gasteiger partial charge in [-0.2, -0.15) is 0 Å². The van der Waals surface area contributed by atoms with Gasteiger partial charge in [0.2, 0.25) is 5.91 Å². The van der Waals surface area contributed by atoms with Gasteiger partial charge < -0.3 is 5.32 Å². The van der Waals surface area contributed by atoms with Gasteiger partial charge in [0.1, 0.15) is 0 Å². The van der Waals surface area contributed by atoms with Crippen LogP contribution in [0.25, 0.3) is 0 Å². The lowest BCUT2D eigenvalue weighted by atomic mass is 9.78. The third-order valence-corrected chi connectivity index (χ3v) is 5.31. The Morgan fingerprint density at radius 2 is 1.76 bits per heavy atom. The van der Waals surface area contributed by atoms with Crippen molar-refractivity contribution in [2.45, 2.75) is 64.2 Å². The summed E-state index contributed by atoms with van der Waals surface area (Å²) < 4.78 is 0. The van der Waals surface area contributed by atoms with E-state index < -0.39 is 0 Å². The topological polar surface area (TPSA) is 29.1 Å². The van der Waals surface area contributed by atoms with Crippen LogP contribution in [0.2, 0.25) is 0 Å². The summed E-state index contributed by atoms with van der Waals surface area (Å²) in [5, 5.41) is 3.25. The van der Waals surface area contributed by atoms with Crippen LogP contribution in [0.3, 0.4) is 0 Å². The van der Waals surface area contributed by atoms with Crippen LogP contribution in [0.15, 0.2) is 0 Å². The molecule has 2 nitrogen and oxygen atoms in total. The van der Waals surface area contributed by atoms with Crippen molar-refractivity contribution in [1.29, 1.82) is 0 Å². The van der Waals surface area contributed by atoms with E-state index in [1.807, 2.05) is 0 Å². The molecule has 1 fully saturated rings. The Hall–Kier alpha value is -0.0500. The second-order valence-corrected chi connectivity index (χ2v) is 6.94. The first-order valence-electron chi connectivity index (χ1n) is 6.88. The Labute approximate surface area is 114 Å². The standard InChI is InChI=1S/C14H26BrNO/c1-9(2)11-7-5-6-8-12(11)16-14(17)13(15)10(3)4/h9-13H,5-8H2,1-4H3,(H,16,17). The van der Waals surface area contributed by atoms with Gasteiger partial charge >= 0.3 is 0 Å². The van der Waals surface area contributed by atoms with E-state index in [2.05, 4.69) is 48.9 Å². The van der Waals surface area contributed by atoms with E-state index in [4.69, 9.17) is 0 Å². The Morgan fingerprint density at radius 3 is 2.29 bits per heavy atom. The molecular weight excluding hydrogens is 278 g/mol. The fourth-order valence-electron chi connectivity index (χ4n) is 2.70. The van der Waals surface area contributed by atoms with Gasteiger partial charge in [-0.15, -0.1) is 0 Å². The van der Waals surface area contributed by atoms with E-state index >= 15 is 0 Å². The number of hydrogen-bond donors (Lipinski definition) is 1. The zero-order valence-electron chi connectivity index (χ0n) is 11.5. The minimum Gasteiger partial charge on any atom is -0.352 e. The molecule has 1 saturated carbocycles. The molecule has 0 radical (unpaired) electrons. The summed E-state index contributed by atoms with van der Waals surface area (Å²) in [4.78, 5) is 12.0. The van der Waals surface area contributed by atoms with Gasteiger partial charge in [0.05, 0.1) is 4.83 Å². The average molecular weight is 304 g/mol.